The number of hydrogen-bond donors (Lipinski definition) is 1. The largest absolute Gasteiger partial charge is 0.337 e. The molecule has 0 aromatic carbocycles. The average Bonchev–Trinajstić information content (AvgIpc) is 2.81. The quantitative estimate of drug-likeness (QED) is 0.857. The van der Waals surface area contributed by atoms with Crippen molar-refractivity contribution in [3.63, 3.8) is 0 Å². The van der Waals surface area contributed by atoms with Crippen LogP contribution in [0.25, 0.3) is 0 Å². The van der Waals surface area contributed by atoms with Gasteiger partial charge in [0, 0.05) is 31.6 Å². The van der Waals surface area contributed by atoms with Crippen molar-refractivity contribution < 1.29 is 4.79 Å². The fraction of sp³-hybridized carbons (Fsp3) is 0.929. The lowest BCUT2D eigenvalue weighted by Crippen LogP contribution is -2.53. The molecule has 18 heavy (non-hydrogen) atoms. The Morgan fingerprint density at radius 1 is 1.39 bits per heavy atom. The fourth-order valence-corrected chi connectivity index (χ4v) is 3.30. The summed E-state index contributed by atoms with van der Waals surface area (Å²) in [6, 6.07) is 0.363. The summed E-state index contributed by atoms with van der Waals surface area (Å²) in [5, 5.41) is 3.34. The first-order valence-electron chi connectivity index (χ1n) is 7.19. The van der Waals surface area contributed by atoms with Gasteiger partial charge in [0.2, 0.25) is 5.91 Å². The van der Waals surface area contributed by atoms with Crippen molar-refractivity contribution in [1.82, 2.24) is 10.2 Å². The second kappa shape index (κ2) is 7.34. The second-order valence-corrected chi connectivity index (χ2v) is 5.87. The Labute approximate surface area is 117 Å². The van der Waals surface area contributed by atoms with E-state index >= 15 is 0 Å². The van der Waals surface area contributed by atoms with Gasteiger partial charge >= 0.3 is 0 Å². The Morgan fingerprint density at radius 2 is 2.06 bits per heavy atom. The van der Waals surface area contributed by atoms with Gasteiger partial charge in [-0.2, -0.15) is 0 Å². The molecule has 1 saturated carbocycles. The van der Waals surface area contributed by atoms with Crippen LogP contribution in [0, 0.1) is 11.8 Å². The summed E-state index contributed by atoms with van der Waals surface area (Å²) in [5.74, 6) is 1.41. The van der Waals surface area contributed by atoms with Crippen LogP contribution in [0.2, 0.25) is 0 Å². The van der Waals surface area contributed by atoms with Gasteiger partial charge in [0.05, 0.1) is 0 Å². The van der Waals surface area contributed by atoms with E-state index in [2.05, 4.69) is 24.1 Å². The zero-order valence-electron chi connectivity index (χ0n) is 11.7. The predicted octanol–water partition coefficient (Wildman–Crippen LogP) is 2.44. The van der Waals surface area contributed by atoms with Crippen LogP contribution in [0.3, 0.4) is 0 Å². The molecule has 2 rings (SSSR count). The lowest BCUT2D eigenvalue weighted by atomic mass is 9.93. The molecule has 4 heteroatoms. The van der Waals surface area contributed by atoms with Gasteiger partial charge < -0.3 is 10.2 Å². The first-order valence-corrected chi connectivity index (χ1v) is 7.19. The zero-order chi connectivity index (χ0) is 12.3. The van der Waals surface area contributed by atoms with Gasteiger partial charge in [-0.1, -0.05) is 32.6 Å². The average molecular weight is 275 g/mol. The van der Waals surface area contributed by atoms with E-state index in [4.69, 9.17) is 0 Å². The molecule has 1 heterocycles. The van der Waals surface area contributed by atoms with Crippen LogP contribution in [0.15, 0.2) is 0 Å². The van der Waals surface area contributed by atoms with Crippen LogP contribution in [-0.2, 0) is 4.79 Å². The summed E-state index contributed by atoms with van der Waals surface area (Å²) in [6.07, 6.45) is 6.53. The maximum atomic E-state index is 12.4. The van der Waals surface area contributed by atoms with Gasteiger partial charge in [-0.3, -0.25) is 4.79 Å². The summed E-state index contributed by atoms with van der Waals surface area (Å²) >= 11 is 0. The lowest BCUT2D eigenvalue weighted by Gasteiger charge is -2.36. The van der Waals surface area contributed by atoms with Gasteiger partial charge in [0.25, 0.3) is 0 Å². The van der Waals surface area contributed by atoms with Crippen LogP contribution in [-0.4, -0.2) is 36.5 Å². The topological polar surface area (TPSA) is 32.3 Å². The maximum Gasteiger partial charge on any atom is 0.225 e. The van der Waals surface area contributed by atoms with Crippen LogP contribution >= 0.6 is 12.4 Å². The number of rotatable bonds is 3. The number of amides is 1. The zero-order valence-corrected chi connectivity index (χ0v) is 12.5. The van der Waals surface area contributed by atoms with E-state index < -0.39 is 0 Å². The normalized spacial score (nSPS) is 26.8. The van der Waals surface area contributed by atoms with Gasteiger partial charge in [0.15, 0.2) is 0 Å². The van der Waals surface area contributed by atoms with E-state index in [0.717, 1.165) is 32.0 Å². The van der Waals surface area contributed by atoms with Crippen LogP contribution in [0.5, 0.6) is 0 Å². The van der Waals surface area contributed by atoms with Crippen LogP contribution < -0.4 is 5.32 Å². The Hall–Kier alpha value is -0.280. The SMILES string of the molecule is CC(CC1CCCC1)C(=O)N1CCNC[C@@H]1C.Cl. The predicted molar refractivity (Wildman–Crippen MR) is 77.0 cm³/mol. The molecule has 0 radical (unpaired) electrons. The van der Waals surface area contributed by atoms with Gasteiger partial charge in [0.1, 0.15) is 0 Å². The summed E-state index contributed by atoms with van der Waals surface area (Å²) < 4.78 is 0. The molecule has 0 spiro atoms. The number of carbonyl (C=O) groups is 1. The van der Waals surface area contributed by atoms with E-state index in [1.165, 1.54) is 25.7 Å². The molecule has 106 valence electrons. The summed E-state index contributed by atoms with van der Waals surface area (Å²) in [7, 11) is 0. The van der Waals surface area contributed by atoms with Crippen molar-refractivity contribution in [2.75, 3.05) is 19.6 Å². The second-order valence-electron chi connectivity index (χ2n) is 5.87. The number of nitrogens with one attached hydrogen (secondary N) is 1. The van der Waals surface area contributed by atoms with Gasteiger partial charge in [-0.05, 0) is 19.3 Å². The van der Waals surface area contributed by atoms with Crippen LogP contribution in [0.1, 0.15) is 46.0 Å². The number of piperazine rings is 1. The van der Waals surface area contributed by atoms with Crippen molar-refractivity contribution in [3.8, 4) is 0 Å². The third kappa shape index (κ3) is 3.86. The molecule has 1 saturated heterocycles. The number of hydrogen-bond acceptors (Lipinski definition) is 2. The molecule has 1 amide bonds. The molecule has 2 fully saturated rings. The van der Waals surface area contributed by atoms with Crippen LogP contribution in [0.4, 0.5) is 0 Å². The molecule has 1 unspecified atom stereocenters. The smallest absolute Gasteiger partial charge is 0.225 e. The minimum atomic E-state index is 0. The maximum absolute atomic E-state index is 12.4. The Kier molecular flexibility index (Phi) is 6.44. The first-order chi connectivity index (χ1) is 8.18. The molecule has 1 aliphatic carbocycles. The highest BCUT2D eigenvalue weighted by Gasteiger charge is 2.28. The summed E-state index contributed by atoms with van der Waals surface area (Å²) in [6.45, 7) is 7.05. The van der Waals surface area contributed by atoms with E-state index in [1.54, 1.807) is 0 Å². The Morgan fingerprint density at radius 3 is 2.67 bits per heavy atom. The molecule has 1 aliphatic heterocycles. The van der Waals surface area contributed by atoms with Crippen molar-refractivity contribution in [2.24, 2.45) is 11.8 Å². The fourth-order valence-electron chi connectivity index (χ4n) is 3.30. The van der Waals surface area contributed by atoms with Crippen molar-refractivity contribution in [3.05, 3.63) is 0 Å². The third-order valence-corrected chi connectivity index (χ3v) is 4.37. The van der Waals surface area contributed by atoms with E-state index in [0.29, 0.717) is 11.9 Å². The third-order valence-electron chi connectivity index (χ3n) is 4.37. The highest BCUT2D eigenvalue weighted by Crippen LogP contribution is 2.31. The highest BCUT2D eigenvalue weighted by molar-refractivity contribution is 5.85. The minimum Gasteiger partial charge on any atom is -0.337 e. The highest BCUT2D eigenvalue weighted by atomic mass is 35.5. The monoisotopic (exact) mass is 274 g/mol. The molecule has 0 aromatic rings. The first kappa shape index (κ1) is 15.8. The Balaban J connectivity index is 0.00000162. The number of carbonyl (C=O) groups excluding carboxylic acids is 1. The van der Waals surface area contributed by atoms with Crippen molar-refractivity contribution >= 4 is 18.3 Å². The van der Waals surface area contributed by atoms with Gasteiger partial charge in [-0.25, -0.2) is 0 Å². The van der Waals surface area contributed by atoms with Crippen molar-refractivity contribution in [1.29, 1.82) is 0 Å². The molecule has 0 aromatic heterocycles. The molecular weight excluding hydrogens is 248 g/mol. The van der Waals surface area contributed by atoms with E-state index in [9.17, 15) is 4.79 Å². The molecule has 3 nitrogen and oxygen atoms in total. The number of halogens is 1. The molecule has 2 aliphatic rings. The summed E-state index contributed by atoms with van der Waals surface area (Å²) in [5.41, 5.74) is 0. The van der Waals surface area contributed by atoms with Crippen molar-refractivity contribution in [2.45, 2.75) is 52.0 Å². The van der Waals surface area contributed by atoms with Gasteiger partial charge in [-0.15, -0.1) is 12.4 Å². The van der Waals surface area contributed by atoms with E-state index in [-0.39, 0.29) is 18.3 Å². The lowest BCUT2D eigenvalue weighted by molar-refractivity contribution is -0.138. The standard InChI is InChI=1S/C14H26N2O.ClH/c1-11(9-13-5-3-4-6-13)14(17)16-8-7-15-10-12(16)2;/h11-13,15H,3-10H2,1-2H3;1H/t11?,12-;/m0./s1. The summed E-state index contributed by atoms with van der Waals surface area (Å²) in [4.78, 5) is 14.5. The number of nitrogens with zero attached hydrogens (tertiary/aromatic N) is 1. The minimum absolute atomic E-state index is 0. The molecule has 2 atom stereocenters. The molecular formula is C14H27ClN2O. The molecule has 1 N–H and O–H groups in total. The van der Waals surface area contributed by atoms with E-state index in [1.807, 2.05) is 0 Å². The molecule has 0 bridgehead atoms. The Bertz CT molecular complexity index is 267.